The van der Waals surface area contributed by atoms with Crippen LogP contribution in [0.1, 0.15) is 25.7 Å². The number of piperidine rings is 1. The predicted molar refractivity (Wildman–Crippen MR) is 79.1 cm³/mol. The molecule has 122 valence electrons. The number of nitrogens with two attached hydrogens (primary N) is 1. The van der Waals surface area contributed by atoms with Gasteiger partial charge in [-0.25, -0.2) is 13.1 Å². The molecule has 2 heterocycles. The maximum atomic E-state index is 12.7. The molecule has 2 aliphatic rings. The molecule has 0 bridgehead atoms. The van der Waals surface area contributed by atoms with Gasteiger partial charge in [0.05, 0.1) is 11.7 Å². The largest absolute Gasteiger partial charge is 0.381 e. The molecule has 8 heteroatoms. The molecule has 0 spiro atoms. The lowest BCUT2D eigenvalue weighted by Crippen LogP contribution is -2.54. The van der Waals surface area contributed by atoms with Gasteiger partial charge in [-0.05, 0) is 25.7 Å². The van der Waals surface area contributed by atoms with E-state index in [9.17, 15) is 13.2 Å². The van der Waals surface area contributed by atoms with Crippen LogP contribution in [-0.2, 0) is 19.6 Å². The summed E-state index contributed by atoms with van der Waals surface area (Å²) in [6.45, 7) is 2.66. The number of likely N-dealkylation sites (tertiary alicyclic amines) is 1. The van der Waals surface area contributed by atoms with Gasteiger partial charge in [-0.15, -0.1) is 0 Å². The Bertz CT molecular complexity index is 466. The molecule has 0 unspecified atom stereocenters. The zero-order valence-corrected chi connectivity index (χ0v) is 13.3. The maximum absolute atomic E-state index is 12.7. The second-order valence-corrected chi connectivity index (χ2v) is 7.83. The van der Waals surface area contributed by atoms with Crippen LogP contribution in [-0.4, -0.2) is 64.4 Å². The standard InChI is InChI=1S/C13H25N3O4S/c1-21(18,19)15-11-2-6-16(7-3-11)12(17)13(10-14)4-8-20-9-5-13/h11,15H,2-10,14H2,1H3. The maximum Gasteiger partial charge on any atom is 0.230 e. The van der Waals surface area contributed by atoms with E-state index in [0.29, 0.717) is 58.5 Å². The minimum absolute atomic E-state index is 0.0763. The highest BCUT2D eigenvalue weighted by Crippen LogP contribution is 2.32. The number of hydrogen-bond acceptors (Lipinski definition) is 5. The SMILES string of the molecule is CS(=O)(=O)NC1CCN(C(=O)C2(CN)CCOCC2)CC1. The van der Waals surface area contributed by atoms with E-state index in [1.807, 2.05) is 4.90 Å². The van der Waals surface area contributed by atoms with Crippen molar-refractivity contribution in [1.29, 1.82) is 0 Å². The Labute approximate surface area is 126 Å². The number of rotatable bonds is 4. The number of ether oxygens (including phenoxy) is 1. The van der Waals surface area contributed by atoms with Crippen molar-refractivity contribution in [2.75, 3.05) is 39.1 Å². The van der Waals surface area contributed by atoms with E-state index in [1.54, 1.807) is 0 Å². The van der Waals surface area contributed by atoms with E-state index in [-0.39, 0.29) is 11.9 Å². The average molecular weight is 319 g/mol. The van der Waals surface area contributed by atoms with Gasteiger partial charge in [0.2, 0.25) is 15.9 Å². The van der Waals surface area contributed by atoms with E-state index >= 15 is 0 Å². The molecule has 7 nitrogen and oxygen atoms in total. The summed E-state index contributed by atoms with van der Waals surface area (Å²) in [7, 11) is -3.19. The molecule has 0 atom stereocenters. The topological polar surface area (TPSA) is 102 Å². The Hall–Kier alpha value is -0.700. The molecular weight excluding hydrogens is 294 g/mol. The van der Waals surface area contributed by atoms with Gasteiger partial charge < -0.3 is 15.4 Å². The quantitative estimate of drug-likeness (QED) is 0.712. The minimum atomic E-state index is -3.19. The summed E-state index contributed by atoms with van der Waals surface area (Å²) in [6.07, 6.45) is 3.80. The second-order valence-electron chi connectivity index (χ2n) is 6.05. The van der Waals surface area contributed by atoms with Crippen LogP contribution in [0.3, 0.4) is 0 Å². The first-order valence-corrected chi connectivity index (χ1v) is 9.30. The van der Waals surface area contributed by atoms with Crippen molar-refractivity contribution in [2.45, 2.75) is 31.7 Å². The summed E-state index contributed by atoms with van der Waals surface area (Å²) in [4.78, 5) is 14.6. The van der Waals surface area contributed by atoms with Crippen LogP contribution in [0.2, 0.25) is 0 Å². The van der Waals surface area contributed by atoms with Crippen molar-refractivity contribution in [3.63, 3.8) is 0 Å². The molecule has 0 aromatic carbocycles. The van der Waals surface area contributed by atoms with Gasteiger partial charge in [-0.1, -0.05) is 0 Å². The van der Waals surface area contributed by atoms with E-state index in [1.165, 1.54) is 0 Å². The summed E-state index contributed by atoms with van der Waals surface area (Å²) < 4.78 is 30.4. The molecule has 0 radical (unpaired) electrons. The van der Waals surface area contributed by atoms with Crippen molar-refractivity contribution in [1.82, 2.24) is 9.62 Å². The fraction of sp³-hybridized carbons (Fsp3) is 0.923. The molecule has 1 amide bonds. The summed E-state index contributed by atoms with van der Waals surface area (Å²) in [5.74, 6) is 0.103. The van der Waals surface area contributed by atoms with Gasteiger partial charge in [0.25, 0.3) is 0 Å². The summed E-state index contributed by atoms with van der Waals surface area (Å²) in [5, 5.41) is 0. The number of hydrogen-bond donors (Lipinski definition) is 2. The highest BCUT2D eigenvalue weighted by atomic mass is 32.2. The smallest absolute Gasteiger partial charge is 0.230 e. The molecule has 0 aliphatic carbocycles. The lowest BCUT2D eigenvalue weighted by atomic mass is 9.78. The van der Waals surface area contributed by atoms with Gasteiger partial charge in [-0.2, -0.15) is 0 Å². The van der Waals surface area contributed by atoms with Gasteiger partial charge in [0, 0.05) is 38.9 Å². The van der Waals surface area contributed by atoms with Crippen molar-refractivity contribution in [3.05, 3.63) is 0 Å². The Morgan fingerprint density at radius 3 is 2.38 bits per heavy atom. The number of carbonyl (C=O) groups is 1. The molecule has 0 aromatic rings. The van der Waals surface area contributed by atoms with Crippen LogP contribution in [0.25, 0.3) is 0 Å². The molecule has 21 heavy (non-hydrogen) atoms. The first-order valence-electron chi connectivity index (χ1n) is 7.41. The Balaban J connectivity index is 1.93. The molecular formula is C13H25N3O4S. The molecule has 0 aromatic heterocycles. The van der Waals surface area contributed by atoms with Gasteiger partial charge in [0.15, 0.2) is 0 Å². The molecule has 2 saturated heterocycles. The van der Waals surface area contributed by atoms with Crippen LogP contribution in [0.5, 0.6) is 0 Å². The summed E-state index contributed by atoms with van der Waals surface area (Å²) in [5.41, 5.74) is 5.37. The number of amides is 1. The van der Waals surface area contributed by atoms with Gasteiger partial charge in [0.1, 0.15) is 0 Å². The van der Waals surface area contributed by atoms with Gasteiger partial charge in [-0.3, -0.25) is 4.79 Å². The second kappa shape index (κ2) is 6.60. The normalized spacial score (nSPS) is 24.0. The van der Waals surface area contributed by atoms with Crippen LogP contribution in [0.15, 0.2) is 0 Å². The van der Waals surface area contributed by atoms with Crippen LogP contribution >= 0.6 is 0 Å². The fourth-order valence-electron chi connectivity index (χ4n) is 3.11. The van der Waals surface area contributed by atoms with E-state index in [4.69, 9.17) is 10.5 Å². The molecule has 2 aliphatic heterocycles. The van der Waals surface area contributed by atoms with Crippen molar-refractivity contribution in [2.24, 2.45) is 11.1 Å². The van der Waals surface area contributed by atoms with Crippen LogP contribution < -0.4 is 10.5 Å². The highest BCUT2D eigenvalue weighted by molar-refractivity contribution is 7.88. The predicted octanol–water partition coefficient (Wildman–Crippen LogP) is -0.718. The van der Waals surface area contributed by atoms with Crippen LogP contribution in [0, 0.1) is 5.41 Å². The Morgan fingerprint density at radius 2 is 1.90 bits per heavy atom. The lowest BCUT2D eigenvalue weighted by molar-refractivity contribution is -0.148. The summed E-state index contributed by atoms with van der Waals surface area (Å²) >= 11 is 0. The number of nitrogens with zero attached hydrogens (tertiary/aromatic N) is 1. The van der Waals surface area contributed by atoms with Crippen molar-refractivity contribution < 1.29 is 17.9 Å². The third-order valence-electron chi connectivity index (χ3n) is 4.46. The zero-order valence-electron chi connectivity index (χ0n) is 12.5. The Morgan fingerprint density at radius 1 is 1.33 bits per heavy atom. The Kier molecular flexibility index (Phi) is 5.24. The van der Waals surface area contributed by atoms with E-state index in [0.717, 1.165) is 6.26 Å². The summed E-state index contributed by atoms with van der Waals surface area (Å²) in [6, 6.07) is -0.0763. The monoisotopic (exact) mass is 319 g/mol. The highest BCUT2D eigenvalue weighted by Gasteiger charge is 2.42. The molecule has 2 rings (SSSR count). The number of nitrogens with one attached hydrogen (secondary N) is 1. The van der Waals surface area contributed by atoms with E-state index in [2.05, 4.69) is 4.72 Å². The van der Waals surface area contributed by atoms with Gasteiger partial charge >= 0.3 is 0 Å². The third kappa shape index (κ3) is 4.15. The van der Waals surface area contributed by atoms with Crippen molar-refractivity contribution >= 4 is 15.9 Å². The average Bonchev–Trinajstić information content (AvgIpc) is 2.46. The first kappa shape index (κ1) is 16.7. The van der Waals surface area contributed by atoms with E-state index < -0.39 is 15.4 Å². The first-order chi connectivity index (χ1) is 9.86. The molecule has 3 N–H and O–H groups in total. The number of carbonyl (C=O) groups excluding carboxylic acids is 1. The zero-order chi connectivity index (χ0) is 15.5. The van der Waals surface area contributed by atoms with Crippen LogP contribution in [0.4, 0.5) is 0 Å². The van der Waals surface area contributed by atoms with Crippen molar-refractivity contribution in [3.8, 4) is 0 Å². The molecule has 2 fully saturated rings. The lowest BCUT2D eigenvalue weighted by Gasteiger charge is -2.41. The third-order valence-corrected chi connectivity index (χ3v) is 5.22. The minimum Gasteiger partial charge on any atom is -0.381 e. The number of sulfonamides is 1. The molecule has 0 saturated carbocycles. The fourth-order valence-corrected chi connectivity index (χ4v) is 3.95.